The molecule has 3 rings (SSSR count). The van der Waals surface area contributed by atoms with E-state index in [2.05, 4.69) is 22.5 Å². The van der Waals surface area contributed by atoms with Crippen molar-refractivity contribution in [2.45, 2.75) is 32.7 Å². The molecule has 1 unspecified atom stereocenters. The van der Waals surface area contributed by atoms with Crippen molar-refractivity contribution in [3.05, 3.63) is 40.6 Å². The lowest BCUT2D eigenvalue weighted by Gasteiger charge is -2.17. The van der Waals surface area contributed by atoms with Gasteiger partial charge in [-0.1, -0.05) is 18.9 Å². The number of nitrogens with one attached hydrogen (secondary N) is 3. The number of rotatable bonds is 5. The van der Waals surface area contributed by atoms with Crippen LogP contribution in [-0.4, -0.2) is 53.6 Å². The first kappa shape index (κ1) is 21.2. The van der Waals surface area contributed by atoms with Crippen molar-refractivity contribution in [3.8, 4) is 11.8 Å². The summed E-state index contributed by atoms with van der Waals surface area (Å²) in [5.41, 5.74) is 9.77. The zero-order chi connectivity index (χ0) is 21.8. The number of carbonyl (C=O) groups excluding carboxylic acids is 1. The minimum atomic E-state index is -0.0879. The molecule has 8 nitrogen and oxygen atoms in total. The molecule has 0 spiro atoms. The van der Waals surface area contributed by atoms with Gasteiger partial charge in [-0.15, -0.1) is 0 Å². The van der Waals surface area contributed by atoms with E-state index < -0.39 is 0 Å². The van der Waals surface area contributed by atoms with Gasteiger partial charge in [0.05, 0.1) is 11.6 Å². The Balaban J connectivity index is 2.01. The van der Waals surface area contributed by atoms with E-state index in [1.165, 1.54) is 0 Å². The normalized spacial score (nSPS) is 15.5. The molecule has 0 saturated carbocycles. The summed E-state index contributed by atoms with van der Waals surface area (Å²) in [6.45, 7) is 5.17. The summed E-state index contributed by atoms with van der Waals surface area (Å²) in [5.74, 6) is 7.00. The number of amides is 1. The van der Waals surface area contributed by atoms with Gasteiger partial charge in [0.25, 0.3) is 0 Å². The molecule has 2 aromatic rings. The first-order valence-corrected chi connectivity index (χ1v) is 10.1. The minimum absolute atomic E-state index is 0.0194. The van der Waals surface area contributed by atoms with E-state index in [-0.39, 0.29) is 17.8 Å². The van der Waals surface area contributed by atoms with Gasteiger partial charge in [0.15, 0.2) is 0 Å². The Labute approximate surface area is 177 Å². The Morgan fingerprint density at radius 3 is 2.73 bits per heavy atom. The third-order valence-electron chi connectivity index (χ3n) is 5.42. The number of aromatic nitrogens is 2. The van der Waals surface area contributed by atoms with Crippen molar-refractivity contribution >= 4 is 23.2 Å². The molecule has 1 aromatic heterocycles. The van der Waals surface area contributed by atoms with Crippen molar-refractivity contribution in [1.82, 2.24) is 14.7 Å². The second-order valence-corrected chi connectivity index (χ2v) is 7.35. The molecule has 5 N–H and O–H groups in total. The smallest absolute Gasteiger partial charge is 0.222 e. The minimum Gasteiger partial charge on any atom is -0.388 e. The number of hydrogen-bond acceptors (Lipinski definition) is 5. The third kappa shape index (κ3) is 4.10. The summed E-state index contributed by atoms with van der Waals surface area (Å²) in [6.07, 6.45) is 1.29. The van der Waals surface area contributed by atoms with Gasteiger partial charge < -0.3 is 21.3 Å². The molecular formula is C22H29N7O. The zero-order valence-corrected chi connectivity index (χ0v) is 18.0. The Morgan fingerprint density at radius 1 is 1.33 bits per heavy atom. The van der Waals surface area contributed by atoms with E-state index in [0.29, 0.717) is 36.6 Å². The molecule has 0 radical (unpaired) electrons. The number of amidine groups is 1. The second-order valence-electron chi connectivity index (χ2n) is 7.35. The van der Waals surface area contributed by atoms with Crippen molar-refractivity contribution in [2.24, 2.45) is 5.73 Å². The number of carbonyl (C=O) groups is 1. The summed E-state index contributed by atoms with van der Waals surface area (Å²) in [7, 11) is 3.65. The number of anilines is 2. The molecule has 158 valence electrons. The lowest BCUT2D eigenvalue weighted by Crippen LogP contribution is -2.28. The maximum Gasteiger partial charge on any atom is 0.222 e. The molecule has 1 amide bonds. The van der Waals surface area contributed by atoms with Crippen LogP contribution in [-0.2, 0) is 4.79 Å². The second kappa shape index (κ2) is 8.91. The molecule has 1 fully saturated rings. The predicted molar refractivity (Wildman–Crippen MR) is 120 cm³/mol. The van der Waals surface area contributed by atoms with Gasteiger partial charge in [0.2, 0.25) is 5.91 Å². The topological polar surface area (TPSA) is 112 Å². The van der Waals surface area contributed by atoms with Crippen LogP contribution in [0.3, 0.4) is 0 Å². The van der Waals surface area contributed by atoms with Crippen LogP contribution in [0.25, 0.3) is 0 Å². The highest BCUT2D eigenvalue weighted by atomic mass is 16.2. The van der Waals surface area contributed by atoms with Crippen molar-refractivity contribution in [3.63, 3.8) is 0 Å². The van der Waals surface area contributed by atoms with Crippen molar-refractivity contribution in [2.75, 3.05) is 37.8 Å². The van der Waals surface area contributed by atoms with Gasteiger partial charge in [-0.3, -0.25) is 10.2 Å². The Morgan fingerprint density at radius 2 is 2.10 bits per heavy atom. The van der Waals surface area contributed by atoms with Gasteiger partial charge in [-0.25, -0.2) is 4.68 Å². The number of hydrogen-bond donors (Lipinski definition) is 4. The predicted octanol–water partition coefficient (Wildman–Crippen LogP) is 2.14. The summed E-state index contributed by atoms with van der Waals surface area (Å²) >= 11 is 0. The largest absolute Gasteiger partial charge is 0.388 e. The van der Waals surface area contributed by atoms with E-state index >= 15 is 0 Å². The van der Waals surface area contributed by atoms with Crippen LogP contribution >= 0.6 is 0 Å². The van der Waals surface area contributed by atoms with Crippen molar-refractivity contribution < 1.29 is 4.79 Å². The van der Waals surface area contributed by atoms with Gasteiger partial charge >= 0.3 is 0 Å². The number of nitrogen functional groups attached to an aromatic ring is 1. The third-order valence-corrected chi connectivity index (χ3v) is 5.42. The van der Waals surface area contributed by atoms with Crippen LogP contribution in [0.5, 0.6) is 0 Å². The SMILES string of the molecule is CCC(=O)N1CCC(n2nc(C#Cc3cc(NC)ccc3C)c(C(=N)N)c2NC)C1. The molecule has 8 heteroatoms. The van der Waals surface area contributed by atoms with Gasteiger partial charge in [0.1, 0.15) is 17.3 Å². The average molecular weight is 408 g/mol. The quantitative estimate of drug-likeness (QED) is 0.345. The molecule has 1 aliphatic rings. The first-order chi connectivity index (χ1) is 14.4. The highest BCUT2D eigenvalue weighted by molar-refractivity contribution is 6.01. The highest BCUT2D eigenvalue weighted by Gasteiger charge is 2.30. The number of likely N-dealkylation sites (tertiary alicyclic amines) is 1. The number of aryl methyl sites for hydroxylation is 1. The number of nitrogens with zero attached hydrogens (tertiary/aromatic N) is 3. The molecule has 0 bridgehead atoms. The molecule has 1 aromatic carbocycles. The van der Waals surface area contributed by atoms with Gasteiger partial charge in [0, 0.05) is 44.9 Å². The molecular weight excluding hydrogens is 378 g/mol. The lowest BCUT2D eigenvalue weighted by molar-refractivity contribution is -0.129. The fourth-order valence-corrected chi connectivity index (χ4v) is 3.71. The fraction of sp³-hybridized carbons (Fsp3) is 0.409. The van der Waals surface area contributed by atoms with Crippen LogP contribution < -0.4 is 16.4 Å². The van der Waals surface area contributed by atoms with E-state index in [1.54, 1.807) is 7.05 Å². The van der Waals surface area contributed by atoms with E-state index in [1.807, 2.05) is 48.7 Å². The average Bonchev–Trinajstić information content (AvgIpc) is 3.37. The standard InChI is InChI=1S/C22H29N7O/c1-5-19(30)28-11-10-17(13-28)29-22(26-4)20(21(23)24)18(27-29)9-7-15-12-16(25-3)8-6-14(15)2/h6,8,12,17,25-26H,5,10-11,13H2,1-4H3,(H3,23,24). The molecule has 30 heavy (non-hydrogen) atoms. The van der Waals surface area contributed by atoms with Gasteiger partial charge in [-0.2, -0.15) is 5.10 Å². The fourth-order valence-electron chi connectivity index (χ4n) is 3.71. The van der Waals surface area contributed by atoms with E-state index in [9.17, 15) is 4.79 Å². The molecule has 1 saturated heterocycles. The maximum absolute atomic E-state index is 12.1. The molecule has 1 atom stereocenters. The number of nitrogens with two attached hydrogens (primary N) is 1. The van der Waals surface area contributed by atoms with Gasteiger partial charge in [-0.05, 0) is 37.0 Å². The summed E-state index contributed by atoms with van der Waals surface area (Å²) in [5, 5.41) is 19.0. The number of benzene rings is 1. The van der Waals surface area contributed by atoms with Crippen LogP contribution in [0, 0.1) is 24.2 Å². The zero-order valence-electron chi connectivity index (χ0n) is 18.0. The molecule has 0 aliphatic carbocycles. The van der Waals surface area contributed by atoms with E-state index in [0.717, 1.165) is 23.2 Å². The van der Waals surface area contributed by atoms with Crippen LogP contribution in [0.2, 0.25) is 0 Å². The van der Waals surface area contributed by atoms with Crippen molar-refractivity contribution in [1.29, 1.82) is 5.41 Å². The lowest BCUT2D eigenvalue weighted by atomic mass is 10.1. The van der Waals surface area contributed by atoms with Crippen LogP contribution in [0.15, 0.2) is 18.2 Å². The summed E-state index contributed by atoms with van der Waals surface area (Å²) in [4.78, 5) is 13.9. The Bertz CT molecular complexity index is 1030. The highest BCUT2D eigenvalue weighted by Crippen LogP contribution is 2.29. The first-order valence-electron chi connectivity index (χ1n) is 10.1. The Kier molecular flexibility index (Phi) is 6.31. The van der Waals surface area contributed by atoms with E-state index in [4.69, 9.17) is 16.2 Å². The Hall–Kier alpha value is -3.47. The monoisotopic (exact) mass is 407 g/mol. The molecule has 1 aliphatic heterocycles. The summed E-state index contributed by atoms with van der Waals surface area (Å²) in [6, 6.07) is 6.01. The summed E-state index contributed by atoms with van der Waals surface area (Å²) < 4.78 is 1.83. The van der Waals surface area contributed by atoms with Crippen LogP contribution in [0.4, 0.5) is 11.5 Å². The van der Waals surface area contributed by atoms with Crippen LogP contribution in [0.1, 0.15) is 48.2 Å². The molecule has 2 heterocycles. The maximum atomic E-state index is 12.1.